The zero-order valence-electron chi connectivity index (χ0n) is 5.30. The van der Waals surface area contributed by atoms with Crippen LogP contribution in [0, 0.1) is 11.9 Å². The van der Waals surface area contributed by atoms with Crippen LogP contribution in [0.15, 0.2) is 18.2 Å². The van der Waals surface area contributed by atoms with Crippen molar-refractivity contribution in [3.8, 4) is 0 Å². The molecule has 0 aliphatic carbocycles. The first-order valence-electron chi connectivity index (χ1n) is 3.15. The number of hydrogen-bond acceptors (Lipinski definition) is 1. The Morgan fingerprint density at radius 3 is 3.10 bits per heavy atom. The van der Waals surface area contributed by atoms with Crippen LogP contribution in [-0.4, -0.2) is 6.61 Å². The average Bonchev–Trinajstić information content (AvgIpc) is 2.71. The Balaban J connectivity index is 2.39. The second kappa shape index (κ2) is 2.06. The fourth-order valence-corrected chi connectivity index (χ4v) is 0.899. The summed E-state index contributed by atoms with van der Waals surface area (Å²) in [5, 5.41) is 0. The van der Waals surface area contributed by atoms with Gasteiger partial charge in [0.2, 0.25) is 0 Å². The SMILES string of the molecule is Fc1cc[c]cc1C1CO1. The maximum absolute atomic E-state index is 12.8. The summed E-state index contributed by atoms with van der Waals surface area (Å²) in [4.78, 5) is 0. The van der Waals surface area contributed by atoms with Gasteiger partial charge in [-0.3, -0.25) is 0 Å². The molecule has 0 N–H and O–H groups in total. The van der Waals surface area contributed by atoms with Gasteiger partial charge in [-0.2, -0.15) is 0 Å². The van der Waals surface area contributed by atoms with Gasteiger partial charge in [-0.05, 0) is 18.2 Å². The molecule has 1 saturated heterocycles. The standard InChI is InChI=1S/C8H6FO/c9-7-4-2-1-3-6(7)8-5-10-8/h2-4,8H,5H2. The van der Waals surface area contributed by atoms with Crippen LogP contribution in [0.1, 0.15) is 11.7 Å². The highest BCUT2D eigenvalue weighted by atomic mass is 19.1. The van der Waals surface area contributed by atoms with Crippen molar-refractivity contribution in [3.63, 3.8) is 0 Å². The van der Waals surface area contributed by atoms with Crippen molar-refractivity contribution in [3.05, 3.63) is 35.6 Å². The molecule has 2 rings (SSSR count). The number of rotatable bonds is 1. The van der Waals surface area contributed by atoms with Gasteiger partial charge in [-0.1, -0.05) is 6.07 Å². The lowest BCUT2D eigenvalue weighted by Crippen LogP contribution is -1.85. The Morgan fingerprint density at radius 2 is 2.50 bits per heavy atom. The Bertz CT molecular complexity index is 243. The maximum Gasteiger partial charge on any atom is 0.129 e. The zero-order valence-corrected chi connectivity index (χ0v) is 5.30. The second-order valence-corrected chi connectivity index (χ2v) is 2.27. The minimum Gasteiger partial charge on any atom is -0.368 e. The number of halogens is 1. The first kappa shape index (κ1) is 5.86. The minimum absolute atomic E-state index is 0.00236. The highest BCUT2D eigenvalue weighted by Gasteiger charge is 2.27. The zero-order chi connectivity index (χ0) is 6.97. The molecule has 1 fully saturated rings. The Kier molecular flexibility index (Phi) is 1.21. The largest absolute Gasteiger partial charge is 0.368 e. The second-order valence-electron chi connectivity index (χ2n) is 2.27. The molecule has 1 heterocycles. The van der Waals surface area contributed by atoms with E-state index in [0.717, 1.165) is 0 Å². The van der Waals surface area contributed by atoms with Crippen LogP contribution in [0.3, 0.4) is 0 Å². The third-order valence-corrected chi connectivity index (χ3v) is 1.52. The maximum atomic E-state index is 12.8. The molecule has 1 nitrogen and oxygen atoms in total. The predicted octanol–water partition coefficient (Wildman–Crippen LogP) is 1.70. The summed E-state index contributed by atoms with van der Waals surface area (Å²) >= 11 is 0. The Morgan fingerprint density at radius 1 is 1.70 bits per heavy atom. The van der Waals surface area contributed by atoms with E-state index in [4.69, 9.17) is 4.74 Å². The van der Waals surface area contributed by atoms with E-state index >= 15 is 0 Å². The van der Waals surface area contributed by atoms with Gasteiger partial charge in [0, 0.05) is 5.56 Å². The molecule has 0 spiro atoms. The van der Waals surface area contributed by atoms with E-state index in [1.165, 1.54) is 6.07 Å². The van der Waals surface area contributed by atoms with Gasteiger partial charge >= 0.3 is 0 Å². The van der Waals surface area contributed by atoms with Crippen molar-refractivity contribution in [1.82, 2.24) is 0 Å². The highest BCUT2D eigenvalue weighted by molar-refractivity contribution is 5.21. The molecule has 1 aliphatic heterocycles. The van der Waals surface area contributed by atoms with Crippen molar-refractivity contribution < 1.29 is 9.13 Å². The molecule has 2 heteroatoms. The lowest BCUT2D eigenvalue weighted by molar-refractivity contribution is 0.408. The van der Waals surface area contributed by atoms with Crippen LogP contribution >= 0.6 is 0 Å². The van der Waals surface area contributed by atoms with Gasteiger partial charge in [-0.15, -0.1) is 0 Å². The van der Waals surface area contributed by atoms with Crippen molar-refractivity contribution in [1.29, 1.82) is 0 Å². The van der Waals surface area contributed by atoms with E-state index in [0.29, 0.717) is 12.2 Å². The van der Waals surface area contributed by atoms with Crippen LogP contribution in [-0.2, 0) is 4.74 Å². The summed E-state index contributed by atoms with van der Waals surface area (Å²) in [7, 11) is 0. The molecule has 1 radical (unpaired) electrons. The lowest BCUT2D eigenvalue weighted by atomic mass is 10.1. The van der Waals surface area contributed by atoms with E-state index in [2.05, 4.69) is 6.07 Å². The third kappa shape index (κ3) is 0.907. The number of epoxide rings is 1. The highest BCUT2D eigenvalue weighted by Crippen LogP contribution is 2.30. The summed E-state index contributed by atoms with van der Waals surface area (Å²) in [6.45, 7) is 0.648. The molecule has 0 bridgehead atoms. The van der Waals surface area contributed by atoms with Crippen LogP contribution in [0.4, 0.5) is 4.39 Å². The topological polar surface area (TPSA) is 12.5 Å². The van der Waals surface area contributed by atoms with E-state index in [-0.39, 0.29) is 11.9 Å². The third-order valence-electron chi connectivity index (χ3n) is 1.52. The normalized spacial score (nSPS) is 22.7. The molecule has 1 aliphatic rings. The van der Waals surface area contributed by atoms with Gasteiger partial charge in [0.1, 0.15) is 11.9 Å². The molecule has 0 amide bonds. The van der Waals surface area contributed by atoms with Crippen LogP contribution in [0.5, 0.6) is 0 Å². The summed E-state index contributed by atoms with van der Waals surface area (Å²) in [6.07, 6.45) is -0.00236. The van der Waals surface area contributed by atoms with Gasteiger partial charge in [-0.25, -0.2) is 4.39 Å². The first-order chi connectivity index (χ1) is 4.88. The molecule has 0 aromatic heterocycles. The summed E-state index contributed by atoms with van der Waals surface area (Å²) < 4.78 is 17.7. The fourth-order valence-electron chi connectivity index (χ4n) is 0.899. The Hall–Kier alpha value is -0.890. The van der Waals surface area contributed by atoms with Gasteiger partial charge in [0.25, 0.3) is 0 Å². The number of hydrogen-bond donors (Lipinski definition) is 0. The van der Waals surface area contributed by atoms with Crippen LogP contribution in [0.2, 0.25) is 0 Å². The summed E-state index contributed by atoms with van der Waals surface area (Å²) in [5.41, 5.74) is 0.627. The smallest absolute Gasteiger partial charge is 0.129 e. The molecule has 0 saturated carbocycles. The van der Waals surface area contributed by atoms with Crippen molar-refractivity contribution >= 4 is 0 Å². The summed E-state index contributed by atoms with van der Waals surface area (Å²) in [5.74, 6) is -0.193. The average molecular weight is 137 g/mol. The first-order valence-corrected chi connectivity index (χ1v) is 3.15. The minimum atomic E-state index is -0.193. The quantitative estimate of drug-likeness (QED) is 0.536. The number of ether oxygens (including phenoxy) is 1. The van der Waals surface area contributed by atoms with Gasteiger partial charge < -0.3 is 4.74 Å². The number of benzene rings is 1. The van der Waals surface area contributed by atoms with Crippen LogP contribution < -0.4 is 0 Å². The van der Waals surface area contributed by atoms with Crippen molar-refractivity contribution in [2.45, 2.75) is 6.10 Å². The molecule has 10 heavy (non-hydrogen) atoms. The molecular formula is C8H6FO. The lowest BCUT2D eigenvalue weighted by Gasteiger charge is -1.94. The fraction of sp³-hybridized carbons (Fsp3) is 0.250. The monoisotopic (exact) mass is 137 g/mol. The van der Waals surface area contributed by atoms with E-state index in [1.807, 2.05) is 0 Å². The van der Waals surface area contributed by atoms with E-state index in [9.17, 15) is 4.39 Å². The predicted molar refractivity (Wildman–Crippen MR) is 33.9 cm³/mol. The molecule has 1 unspecified atom stereocenters. The van der Waals surface area contributed by atoms with Crippen molar-refractivity contribution in [2.75, 3.05) is 6.61 Å². The molecule has 1 aromatic carbocycles. The van der Waals surface area contributed by atoms with Gasteiger partial charge in [0.15, 0.2) is 0 Å². The van der Waals surface area contributed by atoms with Crippen LogP contribution in [0.25, 0.3) is 0 Å². The molecular weight excluding hydrogens is 131 g/mol. The van der Waals surface area contributed by atoms with E-state index in [1.54, 1.807) is 12.1 Å². The summed E-state index contributed by atoms with van der Waals surface area (Å²) in [6, 6.07) is 7.39. The molecule has 1 aromatic rings. The van der Waals surface area contributed by atoms with E-state index < -0.39 is 0 Å². The van der Waals surface area contributed by atoms with Gasteiger partial charge in [0.05, 0.1) is 6.61 Å². The molecule has 51 valence electrons. The Labute approximate surface area is 58.4 Å². The molecule has 1 atom stereocenters. The van der Waals surface area contributed by atoms with Crippen molar-refractivity contribution in [2.24, 2.45) is 0 Å².